The van der Waals surface area contributed by atoms with E-state index in [0.717, 1.165) is 51.9 Å². The van der Waals surface area contributed by atoms with Gasteiger partial charge in [0.25, 0.3) is 0 Å². The first-order valence-electron chi connectivity index (χ1n) is 10.1. The zero-order valence-electron chi connectivity index (χ0n) is 17.7. The molecule has 1 aliphatic heterocycles. The molecule has 5 nitrogen and oxygen atoms in total. The Morgan fingerprint density at radius 3 is 2.41 bits per heavy atom. The molecule has 0 bridgehead atoms. The minimum Gasteiger partial charge on any atom is -0.379 e. The fraction of sp³-hybridized carbons (Fsp3) is 0.435. The van der Waals surface area contributed by atoms with Crippen LogP contribution in [0.25, 0.3) is 0 Å². The molecule has 29 heavy (non-hydrogen) atoms. The average Bonchev–Trinajstić information content (AvgIpc) is 2.76. The predicted molar refractivity (Wildman–Crippen MR) is 123 cm³/mol. The van der Waals surface area contributed by atoms with Gasteiger partial charge in [-0.25, -0.2) is 0 Å². The van der Waals surface area contributed by atoms with Crippen molar-refractivity contribution in [1.82, 2.24) is 15.5 Å². The normalized spacial score (nSPS) is 15.3. The highest BCUT2D eigenvalue weighted by Crippen LogP contribution is 2.21. The number of ether oxygens (including phenoxy) is 1. The zero-order chi connectivity index (χ0) is 20.5. The van der Waals surface area contributed by atoms with Crippen molar-refractivity contribution in [1.29, 1.82) is 0 Å². The Balaban J connectivity index is 1.47. The molecule has 0 unspecified atom stereocenters. The van der Waals surface area contributed by atoms with E-state index in [1.807, 2.05) is 7.05 Å². The smallest absolute Gasteiger partial charge is 0.191 e. The highest BCUT2D eigenvalue weighted by Gasteiger charge is 2.10. The molecule has 0 spiro atoms. The Hall–Kier alpha value is -2.02. The quantitative estimate of drug-likeness (QED) is 0.415. The molecule has 2 aromatic carbocycles. The number of nitrogens with one attached hydrogen (secondary N) is 2. The van der Waals surface area contributed by atoms with Crippen LogP contribution in [0.15, 0.2) is 52.4 Å². The lowest BCUT2D eigenvalue weighted by Crippen LogP contribution is -2.36. The fourth-order valence-corrected chi connectivity index (χ4v) is 4.07. The third-order valence-corrected chi connectivity index (χ3v) is 5.93. The standard InChI is InChI=1S/C23H32N4OS/c1-18-4-9-21(22(14-18)29-3)16-26-23(24-2)25-15-19-5-7-20(8-6-19)17-27-10-12-28-13-11-27/h4-9,14H,10-13,15-17H2,1-3H3,(H2,24,25,26). The van der Waals surface area contributed by atoms with Crippen LogP contribution in [0.2, 0.25) is 0 Å². The Morgan fingerprint density at radius 2 is 1.72 bits per heavy atom. The summed E-state index contributed by atoms with van der Waals surface area (Å²) in [6, 6.07) is 15.4. The van der Waals surface area contributed by atoms with Crippen LogP contribution in [0.1, 0.15) is 22.3 Å². The van der Waals surface area contributed by atoms with Gasteiger partial charge in [-0.15, -0.1) is 11.8 Å². The number of thioether (sulfide) groups is 1. The first-order valence-corrected chi connectivity index (χ1v) is 11.4. The third-order valence-electron chi connectivity index (χ3n) is 5.11. The van der Waals surface area contributed by atoms with Crippen LogP contribution in [-0.4, -0.2) is 50.5 Å². The second kappa shape index (κ2) is 11.2. The molecule has 0 aliphatic carbocycles. The molecular formula is C23H32N4OS. The molecule has 6 heteroatoms. The SMILES string of the molecule is CN=C(NCc1ccc(CN2CCOCC2)cc1)NCc1ccc(C)cc1SC. The van der Waals surface area contributed by atoms with Gasteiger partial charge in [-0.1, -0.05) is 36.4 Å². The highest BCUT2D eigenvalue weighted by molar-refractivity contribution is 7.98. The van der Waals surface area contributed by atoms with Crippen molar-refractivity contribution in [3.63, 3.8) is 0 Å². The lowest BCUT2D eigenvalue weighted by molar-refractivity contribution is 0.0342. The number of hydrogen-bond donors (Lipinski definition) is 2. The van der Waals surface area contributed by atoms with Gasteiger partial charge in [-0.3, -0.25) is 9.89 Å². The lowest BCUT2D eigenvalue weighted by atomic mass is 10.1. The summed E-state index contributed by atoms with van der Waals surface area (Å²) < 4.78 is 5.42. The zero-order valence-corrected chi connectivity index (χ0v) is 18.5. The average molecular weight is 413 g/mol. The van der Waals surface area contributed by atoms with Crippen molar-refractivity contribution >= 4 is 17.7 Å². The van der Waals surface area contributed by atoms with Crippen LogP contribution < -0.4 is 10.6 Å². The van der Waals surface area contributed by atoms with Gasteiger partial charge in [0.1, 0.15) is 0 Å². The van der Waals surface area contributed by atoms with Gasteiger partial charge in [0.15, 0.2) is 5.96 Å². The summed E-state index contributed by atoms with van der Waals surface area (Å²) in [6.45, 7) is 8.35. The Kier molecular flexibility index (Phi) is 8.40. The molecular weight excluding hydrogens is 380 g/mol. The van der Waals surface area contributed by atoms with Crippen molar-refractivity contribution in [2.45, 2.75) is 31.5 Å². The van der Waals surface area contributed by atoms with E-state index in [-0.39, 0.29) is 0 Å². The first kappa shape index (κ1) is 21.7. The van der Waals surface area contributed by atoms with Gasteiger partial charge in [0, 0.05) is 44.7 Å². The van der Waals surface area contributed by atoms with E-state index < -0.39 is 0 Å². The van der Waals surface area contributed by atoms with Gasteiger partial charge in [-0.2, -0.15) is 0 Å². The van der Waals surface area contributed by atoms with E-state index in [1.54, 1.807) is 11.8 Å². The number of guanidine groups is 1. The number of aliphatic imine (C=N–C) groups is 1. The second-order valence-corrected chi connectivity index (χ2v) is 8.15. The highest BCUT2D eigenvalue weighted by atomic mass is 32.2. The fourth-order valence-electron chi connectivity index (χ4n) is 3.36. The molecule has 0 amide bonds. The molecule has 1 fully saturated rings. The maximum absolute atomic E-state index is 5.42. The molecule has 1 heterocycles. The molecule has 2 aromatic rings. The van der Waals surface area contributed by atoms with E-state index in [1.165, 1.54) is 27.1 Å². The van der Waals surface area contributed by atoms with Gasteiger partial charge >= 0.3 is 0 Å². The maximum atomic E-state index is 5.42. The van der Waals surface area contributed by atoms with Crippen LogP contribution in [0.4, 0.5) is 0 Å². The molecule has 0 saturated carbocycles. The number of rotatable bonds is 7. The van der Waals surface area contributed by atoms with E-state index in [4.69, 9.17) is 4.74 Å². The summed E-state index contributed by atoms with van der Waals surface area (Å²) in [4.78, 5) is 8.11. The molecule has 0 atom stereocenters. The third kappa shape index (κ3) is 6.77. The number of nitrogens with zero attached hydrogens (tertiary/aromatic N) is 2. The van der Waals surface area contributed by atoms with E-state index in [2.05, 4.69) is 76.2 Å². The number of hydrogen-bond acceptors (Lipinski definition) is 4. The van der Waals surface area contributed by atoms with Crippen molar-refractivity contribution in [2.75, 3.05) is 39.6 Å². The van der Waals surface area contributed by atoms with Crippen LogP contribution in [0.3, 0.4) is 0 Å². The van der Waals surface area contributed by atoms with E-state index in [9.17, 15) is 0 Å². The van der Waals surface area contributed by atoms with Crippen molar-refractivity contribution in [3.05, 3.63) is 64.7 Å². The monoisotopic (exact) mass is 412 g/mol. The molecule has 156 valence electrons. The van der Waals surface area contributed by atoms with Crippen molar-refractivity contribution in [3.8, 4) is 0 Å². The van der Waals surface area contributed by atoms with Gasteiger partial charge in [-0.05, 0) is 41.5 Å². The topological polar surface area (TPSA) is 48.9 Å². The summed E-state index contributed by atoms with van der Waals surface area (Å²) >= 11 is 1.78. The summed E-state index contributed by atoms with van der Waals surface area (Å²) in [5.74, 6) is 0.815. The van der Waals surface area contributed by atoms with Gasteiger partial charge in [0.05, 0.1) is 13.2 Å². The first-order chi connectivity index (χ1) is 14.2. The van der Waals surface area contributed by atoms with Crippen molar-refractivity contribution in [2.24, 2.45) is 4.99 Å². The van der Waals surface area contributed by atoms with Crippen LogP contribution >= 0.6 is 11.8 Å². The van der Waals surface area contributed by atoms with Crippen LogP contribution in [0.5, 0.6) is 0 Å². The Bertz CT molecular complexity index is 801. The molecule has 1 saturated heterocycles. The number of aryl methyl sites for hydroxylation is 1. The number of morpholine rings is 1. The Morgan fingerprint density at radius 1 is 1.03 bits per heavy atom. The van der Waals surface area contributed by atoms with E-state index in [0.29, 0.717) is 0 Å². The molecule has 0 radical (unpaired) electrons. The lowest BCUT2D eigenvalue weighted by Gasteiger charge is -2.26. The largest absolute Gasteiger partial charge is 0.379 e. The van der Waals surface area contributed by atoms with Crippen LogP contribution in [0, 0.1) is 6.92 Å². The minimum absolute atomic E-state index is 0.751. The van der Waals surface area contributed by atoms with Crippen LogP contribution in [-0.2, 0) is 24.4 Å². The van der Waals surface area contributed by atoms with Gasteiger partial charge in [0.2, 0.25) is 0 Å². The van der Waals surface area contributed by atoms with Gasteiger partial charge < -0.3 is 15.4 Å². The predicted octanol–water partition coefficient (Wildman–Crippen LogP) is 3.41. The molecule has 2 N–H and O–H groups in total. The molecule has 0 aromatic heterocycles. The summed E-state index contributed by atoms with van der Waals surface area (Å²) in [5.41, 5.74) is 5.18. The van der Waals surface area contributed by atoms with E-state index >= 15 is 0 Å². The maximum Gasteiger partial charge on any atom is 0.191 e. The summed E-state index contributed by atoms with van der Waals surface area (Å²) in [7, 11) is 1.81. The van der Waals surface area contributed by atoms with Crippen molar-refractivity contribution < 1.29 is 4.74 Å². The Labute approximate surface area is 178 Å². The minimum atomic E-state index is 0.751. The molecule has 3 rings (SSSR count). The summed E-state index contributed by atoms with van der Waals surface area (Å²) in [5, 5.41) is 6.83. The molecule has 1 aliphatic rings. The number of benzene rings is 2. The summed E-state index contributed by atoms with van der Waals surface area (Å²) in [6.07, 6.45) is 2.12. The second-order valence-electron chi connectivity index (χ2n) is 7.30.